The summed E-state index contributed by atoms with van der Waals surface area (Å²) >= 11 is 3.42. The number of amides is 1. The van der Waals surface area contributed by atoms with E-state index >= 15 is 0 Å². The average Bonchev–Trinajstić information content (AvgIpc) is 3.24. The normalized spacial score (nSPS) is 13.9. The molecule has 3 aromatic rings. The van der Waals surface area contributed by atoms with Crippen LogP contribution in [0.15, 0.2) is 58.0 Å². The van der Waals surface area contributed by atoms with E-state index in [1.54, 1.807) is 11.7 Å². The van der Waals surface area contributed by atoms with Crippen LogP contribution < -0.4 is 10.5 Å². The van der Waals surface area contributed by atoms with E-state index in [0.717, 1.165) is 16.5 Å². The number of para-hydroxylation sites is 1. The predicted octanol–water partition coefficient (Wildman–Crippen LogP) is 4.88. The molecule has 7 heteroatoms. The minimum absolute atomic E-state index is 0.0561. The van der Waals surface area contributed by atoms with Gasteiger partial charge in [0, 0.05) is 15.6 Å². The Morgan fingerprint density at radius 1 is 1.17 bits per heavy atom. The third-order valence-electron chi connectivity index (χ3n) is 5.24. The highest BCUT2D eigenvalue weighted by Gasteiger charge is 2.38. The number of halogens is 1. The number of nitrogens with zero attached hydrogens (tertiary/aromatic N) is 2. The van der Waals surface area contributed by atoms with Crippen LogP contribution in [0.1, 0.15) is 47.4 Å². The van der Waals surface area contributed by atoms with Gasteiger partial charge in [-0.15, -0.1) is 0 Å². The van der Waals surface area contributed by atoms with Gasteiger partial charge in [0.1, 0.15) is 5.75 Å². The van der Waals surface area contributed by atoms with Crippen LogP contribution in [0.25, 0.3) is 11.3 Å². The Labute approximate surface area is 183 Å². The number of hydrogen-bond acceptors (Lipinski definition) is 4. The number of fused-ring (bicyclic) bond motifs is 1. The summed E-state index contributed by atoms with van der Waals surface area (Å²) < 4.78 is 8.08. The van der Waals surface area contributed by atoms with E-state index in [4.69, 9.17) is 10.5 Å². The molecule has 0 radical (unpaired) electrons. The van der Waals surface area contributed by atoms with E-state index in [0.29, 0.717) is 40.3 Å². The molecule has 4 rings (SSSR count). The van der Waals surface area contributed by atoms with E-state index in [1.165, 1.54) is 0 Å². The van der Waals surface area contributed by atoms with Crippen molar-refractivity contribution in [2.45, 2.75) is 25.9 Å². The standard InChI is InChI=1S/C23H22BrN3O3/c1-3-6-17(25)27-21(15-7-4-5-8-16(15)30-2)19-18(23(27)29)20(26-22(19)28)13-9-11-14(24)12-10-13/h4-5,7-12,17,29H,3,6,25H2,1-2H3. The summed E-state index contributed by atoms with van der Waals surface area (Å²) in [6, 6.07) is 14.8. The Hall–Kier alpha value is -2.90. The van der Waals surface area contributed by atoms with E-state index in [9.17, 15) is 9.90 Å². The van der Waals surface area contributed by atoms with Crippen LogP contribution in [0.3, 0.4) is 0 Å². The number of rotatable bonds is 6. The predicted molar refractivity (Wildman–Crippen MR) is 120 cm³/mol. The lowest BCUT2D eigenvalue weighted by Gasteiger charge is -2.20. The number of aromatic nitrogens is 1. The summed E-state index contributed by atoms with van der Waals surface area (Å²) in [5.74, 6) is 0.133. The molecule has 1 aliphatic rings. The SMILES string of the molecule is CCCC(N)n1c(O)c2c(c1-c1ccccc1OC)C(=O)N=C2c1ccc(Br)cc1. The molecule has 154 valence electrons. The van der Waals surface area contributed by atoms with Gasteiger partial charge in [-0.1, -0.05) is 53.5 Å². The minimum atomic E-state index is -0.500. The fourth-order valence-corrected chi connectivity index (χ4v) is 4.16. The molecule has 2 aromatic carbocycles. The second-order valence-electron chi connectivity index (χ2n) is 7.12. The lowest BCUT2D eigenvalue weighted by molar-refractivity contribution is 0.101. The highest BCUT2D eigenvalue weighted by atomic mass is 79.9. The minimum Gasteiger partial charge on any atom is -0.496 e. The van der Waals surface area contributed by atoms with Gasteiger partial charge in [0.25, 0.3) is 5.91 Å². The van der Waals surface area contributed by atoms with Gasteiger partial charge in [0.2, 0.25) is 5.88 Å². The molecule has 0 aliphatic carbocycles. The summed E-state index contributed by atoms with van der Waals surface area (Å²) in [5.41, 5.74) is 9.61. The molecule has 0 fully saturated rings. The number of methoxy groups -OCH3 is 1. The molecule has 0 bridgehead atoms. The second kappa shape index (κ2) is 8.08. The molecule has 1 amide bonds. The summed E-state index contributed by atoms with van der Waals surface area (Å²) in [6.45, 7) is 2.02. The fraction of sp³-hybridized carbons (Fsp3) is 0.217. The van der Waals surface area contributed by atoms with E-state index in [2.05, 4.69) is 20.9 Å². The molecule has 0 saturated carbocycles. The third kappa shape index (κ3) is 3.24. The maximum absolute atomic E-state index is 13.1. The number of aliphatic imine (C=N–C) groups is 1. The molecule has 1 atom stereocenters. The van der Waals surface area contributed by atoms with E-state index in [-0.39, 0.29) is 5.88 Å². The van der Waals surface area contributed by atoms with Crippen molar-refractivity contribution in [2.24, 2.45) is 10.7 Å². The number of benzene rings is 2. The smallest absolute Gasteiger partial charge is 0.280 e. The van der Waals surface area contributed by atoms with E-state index in [1.807, 2.05) is 55.5 Å². The van der Waals surface area contributed by atoms with Crippen molar-refractivity contribution in [3.63, 3.8) is 0 Å². The Bertz CT molecular complexity index is 1150. The Kier molecular flexibility index (Phi) is 5.49. The van der Waals surface area contributed by atoms with Crippen molar-refractivity contribution in [3.05, 3.63) is 69.7 Å². The Morgan fingerprint density at radius 2 is 1.87 bits per heavy atom. The first-order valence-corrected chi connectivity index (χ1v) is 10.5. The van der Waals surface area contributed by atoms with Crippen LogP contribution in [0.4, 0.5) is 0 Å². The van der Waals surface area contributed by atoms with Crippen LogP contribution in [-0.4, -0.2) is 28.4 Å². The largest absolute Gasteiger partial charge is 0.496 e. The lowest BCUT2D eigenvalue weighted by atomic mass is 10.00. The van der Waals surface area contributed by atoms with Gasteiger partial charge in [0.05, 0.1) is 35.8 Å². The molecule has 1 aromatic heterocycles. The molecule has 6 nitrogen and oxygen atoms in total. The summed E-state index contributed by atoms with van der Waals surface area (Å²) in [6.07, 6.45) is 0.970. The van der Waals surface area contributed by atoms with Crippen LogP contribution in [0.5, 0.6) is 11.6 Å². The van der Waals surface area contributed by atoms with Crippen LogP contribution >= 0.6 is 15.9 Å². The summed E-state index contributed by atoms with van der Waals surface area (Å²) in [5, 5.41) is 11.3. The Morgan fingerprint density at radius 3 is 2.53 bits per heavy atom. The number of carbonyl (C=O) groups excluding carboxylic acids is 1. The van der Waals surface area contributed by atoms with Crippen LogP contribution in [0, 0.1) is 0 Å². The molecule has 0 saturated heterocycles. The van der Waals surface area contributed by atoms with Crippen LogP contribution in [0.2, 0.25) is 0 Å². The lowest BCUT2D eigenvalue weighted by Crippen LogP contribution is -2.20. The highest BCUT2D eigenvalue weighted by molar-refractivity contribution is 9.10. The number of aromatic hydroxyl groups is 1. The van der Waals surface area contributed by atoms with Gasteiger partial charge in [-0.25, -0.2) is 4.99 Å². The topological polar surface area (TPSA) is 89.8 Å². The second-order valence-corrected chi connectivity index (χ2v) is 8.04. The van der Waals surface area contributed by atoms with Crippen molar-refractivity contribution < 1.29 is 14.6 Å². The molecular weight excluding hydrogens is 446 g/mol. The summed E-state index contributed by atoms with van der Waals surface area (Å²) in [7, 11) is 1.57. The third-order valence-corrected chi connectivity index (χ3v) is 5.77. The number of hydrogen-bond donors (Lipinski definition) is 2. The van der Waals surface area contributed by atoms with Gasteiger partial charge in [-0.05, 0) is 30.7 Å². The number of carbonyl (C=O) groups is 1. The molecule has 0 spiro atoms. The first kappa shape index (κ1) is 20.4. The zero-order chi connectivity index (χ0) is 21.4. The fourth-order valence-electron chi connectivity index (χ4n) is 3.89. The van der Waals surface area contributed by atoms with Gasteiger partial charge >= 0.3 is 0 Å². The van der Waals surface area contributed by atoms with Gasteiger partial charge in [-0.3, -0.25) is 9.36 Å². The van der Waals surface area contributed by atoms with E-state index < -0.39 is 12.1 Å². The van der Waals surface area contributed by atoms with Crippen molar-refractivity contribution in [3.8, 4) is 22.9 Å². The quantitative estimate of drug-likeness (QED) is 0.540. The number of nitrogens with two attached hydrogens (primary N) is 1. The number of ether oxygens (including phenoxy) is 1. The van der Waals surface area contributed by atoms with Crippen molar-refractivity contribution in [2.75, 3.05) is 7.11 Å². The van der Waals surface area contributed by atoms with Gasteiger partial charge in [-0.2, -0.15) is 0 Å². The molecule has 2 heterocycles. The van der Waals surface area contributed by atoms with Gasteiger partial charge in [0.15, 0.2) is 0 Å². The average molecular weight is 468 g/mol. The zero-order valence-electron chi connectivity index (χ0n) is 16.7. The van der Waals surface area contributed by atoms with Gasteiger partial charge < -0.3 is 15.6 Å². The van der Waals surface area contributed by atoms with Crippen LogP contribution in [-0.2, 0) is 0 Å². The maximum atomic E-state index is 13.1. The molecule has 3 N–H and O–H groups in total. The highest BCUT2D eigenvalue weighted by Crippen LogP contribution is 2.45. The van der Waals surface area contributed by atoms with Crippen molar-refractivity contribution >= 4 is 27.5 Å². The Balaban J connectivity index is 2.01. The molecule has 1 unspecified atom stereocenters. The molecule has 30 heavy (non-hydrogen) atoms. The maximum Gasteiger partial charge on any atom is 0.280 e. The monoisotopic (exact) mass is 467 g/mol. The zero-order valence-corrected chi connectivity index (χ0v) is 18.3. The van der Waals surface area contributed by atoms with Crippen molar-refractivity contribution in [1.82, 2.24) is 4.57 Å². The molecule has 1 aliphatic heterocycles. The first-order valence-electron chi connectivity index (χ1n) is 9.73. The molecular formula is C23H22BrN3O3. The van der Waals surface area contributed by atoms with Crippen molar-refractivity contribution in [1.29, 1.82) is 0 Å². The first-order chi connectivity index (χ1) is 14.5. The summed E-state index contributed by atoms with van der Waals surface area (Å²) in [4.78, 5) is 17.3.